The molecule has 2 atom stereocenters. The van der Waals surface area contributed by atoms with Crippen LogP contribution in [0.2, 0.25) is 0 Å². The second-order valence-electron chi connectivity index (χ2n) is 5.05. The SMILES string of the molecule is CCC1CC1NC(=O)CC(CC)(CC)C(=O)O. The lowest BCUT2D eigenvalue weighted by atomic mass is 9.79. The van der Waals surface area contributed by atoms with Crippen LogP contribution in [0.4, 0.5) is 0 Å². The van der Waals surface area contributed by atoms with Gasteiger partial charge < -0.3 is 10.4 Å². The highest BCUT2D eigenvalue weighted by atomic mass is 16.4. The van der Waals surface area contributed by atoms with E-state index < -0.39 is 11.4 Å². The number of carbonyl (C=O) groups is 2. The van der Waals surface area contributed by atoms with E-state index in [2.05, 4.69) is 12.2 Å². The normalized spacial score (nSPS) is 23.2. The van der Waals surface area contributed by atoms with Crippen LogP contribution in [0, 0.1) is 11.3 Å². The molecule has 1 saturated carbocycles. The first-order valence-electron chi connectivity index (χ1n) is 6.51. The van der Waals surface area contributed by atoms with Gasteiger partial charge in [0.2, 0.25) is 5.91 Å². The zero-order valence-corrected chi connectivity index (χ0v) is 11.0. The van der Waals surface area contributed by atoms with Crippen molar-refractivity contribution in [2.75, 3.05) is 0 Å². The molecule has 2 N–H and O–H groups in total. The van der Waals surface area contributed by atoms with Gasteiger partial charge in [-0.3, -0.25) is 9.59 Å². The highest BCUT2D eigenvalue weighted by Crippen LogP contribution is 2.35. The van der Waals surface area contributed by atoms with Gasteiger partial charge >= 0.3 is 5.97 Å². The molecule has 17 heavy (non-hydrogen) atoms. The Hall–Kier alpha value is -1.06. The van der Waals surface area contributed by atoms with Gasteiger partial charge in [-0.1, -0.05) is 27.2 Å². The second-order valence-corrected chi connectivity index (χ2v) is 5.05. The third-order valence-electron chi connectivity index (χ3n) is 4.10. The zero-order chi connectivity index (χ0) is 13.1. The first kappa shape index (κ1) is 14.0. The number of hydrogen-bond donors (Lipinski definition) is 2. The minimum Gasteiger partial charge on any atom is -0.481 e. The maximum Gasteiger partial charge on any atom is 0.310 e. The molecule has 0 radical (unpaired) electrons. The summed E-state index contributed by atoms with van der Waals surface area (Å²) in [5.74, 6) is -0.376. The van der Waals surface area contributed by atoms with Crippen molar-refractivity contribution in [3.8, 4) is 0 Å². The van der Waals surface area contributed by atoms with Crippen molar-refractivity contribution in [2.24, 2.45) is 11.3 Å². The van der Waals surface area contributed by atoms with E-state index in [1.54, 1.807) is 0 Å². The van der Waals surface area contributed by atoms with E-state index in [4.69, 9.17) is 0 Å². The molecule has 1 amide bonds. The highest BCUT2D eigenvalue weighted by molar-refractivity contribution is 5.85. The number of nitrogens with one attached hydrogen (secondary N) is 1. The topological polar surface area (TPSA) is 66.4 Å². The van der Waals surface area contributed by atoms with Crippen LogP contribution in [0.5, 0.6) is 0 Å². The molecule has 0 saturated heterocycles. The second kappa shape index (κ2) is 5.52. The van der Waals surface area contributed by atoms with Crippen molar-refractivity contribution in [1.29, 1.82) is 0 Å². The van der Waals surface area contributed by atoms with Gasteiger partial charge in [0.25, 0.3) is 0 Å². The van der Waals surface area contributed by atoms with Crippen LogP contribution in [-0.2, 0) is 9.59 Å². The Bertz CT molecular complexity index is 297. The average molecular weight is 241 g/mol. The fourth-order valence-corrected chi connectivity index (χ4v) is 2.32. The predicted molar refractivity (Wildman–Crippen MR) is 65.6 cm³/mol. The Morgan fingerprint density at radius 3 is 2.24 bits per heavy atom. The van der Waals surface area contributed by atoms with Crippen molar-refractivity contribution in [2.45, 2.75) is 58.9 Å². The van der Waals surface area contributed by atoms with E-state index in [9.17, 15) is 14.7 Å². The van der Waals surface area contributed by atoms with Crippen LogP contribution in [0.25, 0.3) is 0 Å². The minimum absolute atomic E-state index is 0.0995. The summed E-state index contributed by atoms with van der Waals surface area (Å²) in [5.41, 5.74) is -0.888. The summed E-state index contributed by atoms with van der Waals surface area (Å²) in [6.45, 7) is 5.77. The van der Waals surface area contributed by atoms with E-state index in [1.807, 2.05) is 13.8 Å². The van der Waals surface area contributed by atoms with Gasteiger partial charge in [-0.05, 0) is 25.2 Å². The molecule has 0 aromatic rings. The number of aliphatic carboxylic acids is 1. The monoisotopic (exact) mass is 241 g/mol. The lowest BCUT2D eigenvalue weighted by Gasteiger charge is -2.25. The summed E-state index contributed by atoms with van der Waals surface area (Å²) in [6, 6.07) is 0.285. The van der Waals surface area contributed by atoms with Gasteiger partial charge in [0, 0.05) is 12.5 Å². The van der Waals surface area contributed by atoms with Crippen molar-refractivity contribution in [3.63, 3.8) is 0 Å². The molecule has 0 aromatic carbocycles. The Morgan fingerprint density at radius 1 is 1.29 bits per heavy atom. The van der Waals surface area contributed by atoms with Crippen LogP contribution < -0.4 is 5.32 Å². The number of hydrogen-bond acceptors (Lipinski definition) is 2. The number of carbonyl (C=O) groups excluding carboxylic acids is 1. The van der Waals surface area contributed by atoms with E-state index in [0.717, 1.165) is 12.8 Å². The summed E-state index contributed by atoms with van der Waals surface area (Å²) in [5, 5.41) is 12.2. The number of rotatable bonds is 7. The summed E-state index contributed by atoms with van der Waals surface area (Å²) in [7, 11) is 0. The van der Waals surface area contributed by atoms with E-state index in [1.165, 1.54) is 0 Å². The van der Waals surface area contributed by atoms with E-state index in [-0.39, 0.29) is 18.4 Å². The van der Waals surface area contributed by atoms with Crippen LogP contribution in [0.3, 0.4) is 0 Å². The fourth-order valence-electron chi connectivity index (χ4n) is 2.32. The molecule has 4 nitrogen and oxygen atoms in total. The third kappa shape index (κ3) is 3.20. The molecule has 98 valence electrons. The smallest absolute Gasteiger partial charge is 0.310 e. The molecular weight excluding hydrogens is 218 g/mol. The number of amides is 1. The first-order chi connectivity index (χ1) is 7.99. The maximum absolute atomic E-state index is 11.8. The maximum atomic E-state index is 11.8. The standard InChI is InChI=1S/C13H23NO3/c1-4-9-7-10(9)14-11(15)8-13(5-2,6-3)12(16)17/h9-10H,4-8H2,1-3H3,(H,14,15)(H,16,17). The lowest BCUT2D eigenvalue weighted by Crippen LogP contribution is -2.38. The largest absolute Gasteiger partial charge is 0.481 e. The van der Waals surface area contributed by atoms with Gasteiger partial charge in [-0.25, -0.2) is 0 Å². The summed E-state index contributed by atoms with van der Waals surface area (Å²) in [4.78, 5) is 23.1. The summed E-state index contributed by atoms with van der Waals surface area (Å²) < 4.78 is 0. The molecule has 1 rings (SSSR count). The first-order valence-corrected chi connectivity index (χ1v) is 6.51. The Kier molecular flexibility index (Phi) is 4.54. The minimum atomic E-state index is -0.888. The van der Waals surface area contributed by atoms with Crippen molar-refractivity contribution >= 4 is 11.9 Å². The van der Waals surface area contributed by atoms with Crippen LogP contribution in [-0.4, -0.2) is 23.0 Å². The molecular formula is C13H23NO3. The van der Waals surface area contributed by atoms with E-state index >= 15 is 0 Å². The van der Waals surface area contributed by atoms with Crippen molar-refractivity contribution < 1.29 is 14.7 Å². The molecule has 0 aliphatic heterocycles. The van der Waals surface area contributed by atoms with Crippen molar-refractivity contribution in [1.82, 2.24) is 5.32 Å². The van der Waals surface area contributed by atoms with Gasteiger partial charge in [0.1, 0.15) is 0 Å². The van der Waals surface area contributed by atoms with Crippen LogP contribution in [0.1, 0.15) is 52.9 Å². The lowest BCUT2D eigenvalue weighted by molar-refractivity contribution is -0.152. The summed E-state index contributed by atoms with van der Waals surface area (Å²) >= 11 is 0. The zero-order valence-electron chi connectivity index (χ0n) is 11.0. The Morgan fingerprint density at radius 2 is 1.88 bits per heavy atom. The van der Waals surface area contributed by atoms with Gasteiger partial charge in [-0.15, -0.1) is 0 Å². The molecule has 0 bridgehead atoms. The van der Waals surface area contributed by atoms with Gasteiger partial charge in [0.05, 0.1) is 5.41 Å². The average Bonchev–Trinajstić information content (AvgIpc) is 3.03. The molecule has 2 unspecified atom stereocenters. The predicted octanol–water partition coefficient (Wildman–Crippen LogP) is 2.18. The molecule has 1 fully saturated rings. The van der Waals surface area contributed by atoms with E-state index in [0.29, 0.717) is 18.8 Å². The molecule has 0 spiro atoms. The van der Waals surface area contributed by atoms with Gasteiger partial charge in [0.15, 0.2) is 0 Å². The summed E-state index contributed by atoms with van der Waals surface area (Å²) in [6.07, 6.45) is 3.21. The molecule has 1 aliphatic rings. The highest BCUT2D eigenvalue weighted by Gasteiger charge is 2.40. The molecule has 0 heterocycles. The van der Waals surface area contributed by atoms with Crippen molar-refractivity contribution in [3.05, 3.63) is 0 Å². The van der Waals surface area contributed by atoms with Gasteiger partial charge in [-0.2, -0.15) is 0 Å². The van der Waals surface area contributed by atoms with Crippen LogP contribution in [0.15, 0.2) is 0 Å². The quantitative estimate of drug-likeness (QED) is 0.718. The third-order valence-corrected chi connectivity index (χ3v) is 4.10. The Labute approximate surface area is 103 Å². The van der Waals surface area contributed by atoms with Crippen LogP contribution >= 0.6 is 0 Å². The molecule has 0 aromatic heterocycles. The molecule has 4 heteroatoms. The number of carboxylic acid groups (broad SMARTS) is 1. The fraction of sp³-hybridized carbons (Fsp3) is 0.846. The number of carboxylic acids is 1. The Balaban J connectivity index is 2.50. The molecule has 1 aliphatic carbocycles.